The molecule has 1 N–H and O–H groups in total. The Kier molecular flexibility index (Phi) is 2.31. The molecule has 1 fully saturated rings. The highest BCUT2D eigenvalue weighted by Gasteiger charge is 2.15. The predicted molar refractivity (Wildman–Crippen MR) is 41.4 cm³/mol. The molecule has 0 radical (unpaired) electrons. The number of aromatic nitrogens is 4. The second kappa shape index (κ2) is 3.62. The fourth-order valence-electron chi connectivity index (χ4n) is 1.48. The van der Waals surface area contributed by atoms with Gasteiger partial charge in [-0.25, -0.2) is 0 Å². The van der Waals surface area contributed by atoms with Crippen LogP contribution in [0.5, 0.6) is 0 Å². The summed E-state index contributed by atoms with van der Waals surface area (Å²) in [5.41, 5.74) is 0. The molecule has 1 aromatic heterocycles. The van der Waals surface area contributed by atoms with Crippen LogP contribution in [0, 0.1) is 5.92 Å². The first-order valence-corrected chi connectivity index (χ1v) is 4.25. The van der Waals surface area contributed by atoms with Gasteiger partial charge in [0.15, 0.2) is 5.82 Å². The Morgan fingerprint density at radius 3 is 2.92 bits per heavy atom. The first-order valence-electron chi connectivity index (χ1n) is 4.25. The average molecular weight is 168 g/mol. The molecule has 0 aromatic carbocycles. The van der Waals surface area contributed by atoms with E-state index < -0.39 is 0 Å². The van der Waals surface area contributed by atoms with Crippen molar-refractivity contribution in [3.63, 3.8) is 0 Å². The maximum absolute atomic E-state index is 5.25. The number of hydrogen-bond donors (Lipinski definition) is 1. The van der Waals surface area contributed by atoms with Gasteiger partial charge in [0, 0.05) is 19.6 Å². The monoisotopic (exact) mass is 168 g/mol. The zero-order valence-corrected chi connectivity index (χ0v) is 6.86. The van der Waals surface area contributed by atoms with Crippen LogP contribution in [0.25, 0.3) is 0 Å². The Morgan fingerprint density at radius 2 is 2.25 bits per heavy atom. The molecule has 0 amide bonds. The number of tetrazole rings is 1. The van der Waals surface area contributed by atoms with E-state index in [1.807, 2.05) is 0 Å². The minimum atomic E-state index is 0.677. The third-order valence-electron chi connectivity index (χ3n) is 2.20. The number of H-pyrrole nitrogens is 1. The van der Waals surface area contributed by atoms with Gasteiger partial charge in [-0.2, -0.15) is 5.21 Å². The number of ether oxygens (including phenoxy) is 1. The van der Waals surface area contributed by atoms with Crippen LogP contribution < -0.4 is 0 Å². The van der Waals surface area contributed by atoms with Crippen LogP contribution in [0.2, 0.25) is 0 Å². The summed E-state index contributed by atoms with van der Waals surface area (Å²) >= 11 is 0. The van der Waals surface area contributed by atoms with Crippen LogP contribution in [-0.4, -0.2) is 33.8 Å². The summed E-state index contributed by atoms with van der Waals surface area (Å²) in [7, 11) is 0. The van der Waals surface area contributed by atoms with Gasteiger partial charge in [-0.05, 0) is 18.8 Å². The lowest BCUT2D eigenvalue weighted by atomic mass is 9.96. The van der Waals surface area contributed by atoms with Crippen molar-refractivity contribution in [1.29, 1.82) is 0 Å². The highest BCUT2D eigenvalue weighted by atomic mass is 16.5. The van der Waals surface area contributed by atoms with E-state index in [2.05, 4.69) is 20.6 Å². The van der Waals surface area contributed by atoms with E-state index in [1.165, 1.54) is 0 Å². The third-order valence-corrected chi connectivity index (χ3v) is 2.20. The Labute approximate surface area is 70.5 Å². The molecule has 1 saturated heterocycles. The van der Waals surface area contributed by atoms with E-state index in [0.29, 0.717) is 5.92 Å². The molecular weight excluding hydrogens is 156 g/mol. The zero-order chi connectivity index (χ0) is 8.23. The summed E-state index contributed by atoms with van der Waals surface area (Å²) in [6, 6.07) is 0. The molecule has 2 heterocycles. The number of aromatic amines is 1. The normalized spacial score (nSPS) is 19.7. The SMILES string of the molecule is C1CC(Cc2nn[nH]n2)CCO1. The summed E-state index contributed by atoms with van der Waals surface area (Å²) in [6.07, 6.45) is 3.17. The number of nitrogens with zero attached hydrogens (tertiary/aromatic N) is 3. The average Bonchev–Trinajstić information content (AvgIpc) is 2.59. The molecule has 0 bridgehead atoms. The minimum Gasteiger partial charge on any atom is -0.381 e. The second-order valence-corrected chi connectivity index (χ2v) is 3.09. The van der Waals surface area contributed by atoms with Crippen molar-refractivity contribution in [2.75, 3.05) is 13.2 Å². The summed E-state index contributed by atoms with van der Waals surface area (Å²) < 4.78 is 5.25. The van der Waals surface area contributed by atoms with Crippen molar-refractivity contribution in [2.45, 2.75) is 19.3 Å². The Bertz CT molecular complexity index is 217. The van der Waals surface area contributed by atoms with Gasteiger partial charge >= 0.3 is 0 Å². The first kappa shape index (κ1) is 7.67. The van der Waals surface area contributed by atoms with Crippen molar-refractivity contribution in [3.8, 4) is 0 Å². The van der Waals surface area contributed by atoms with Gasteiger partial charge < -0.3 is 4.74 Å². The Hall–Kier alpha value is -0.970. The van der Waals surface area contributed by atoms with Crippen LogP contribution in [0.15, 0.2) is 0 Å². The van der Waals surface area contributed by atoms with Gasteiger partial charge in [-0.15, -0.1) is 10.2 Å². The Balaban J connectivity index is 1.86. The highest BCUT2D eigenvalue weighted by Crippen LogP contribution is 2.17. The molecule has 0 aliphatic carbocycles. The number of hydrogen-bond acceptors (Lipinski definition) is 4. The molecule has 1 aliphatic heterocycles. The molecule has 5 heteroatoms. The van der Waals surface area contributed by atoms with Crippen LogP contribution in [0.4, 0.5) is 0 Å². The minimum absolute atomic E-state index is 0.677. The first-order chi connectivity index (χ1) is 5.95. The summed E-state index contributed by atoms with van der Waals surface area (Å²) in [5.74, 6) is 1.50. The molecule has 2 rings (SSSR count). The van der Waals surface area contributed by atoms with E-state index in [9.17, 15) is 0 Å². The summed E-state index contributed by atoms with van der Waals surface area (Å²) in [6.45, 7) is 1.75. The predicted octanol–water partition coefficient (Wildman–Crippen LogP) is 0.169. The lowest BCUT2D eigenvalue weighted by Crippen LogP contribution is -2.18. The maximum Gasteiger partial charge on any atom is 0.174 e. The molecule has 1 aliphatic rings. The smallest absolute Gasteiger partial charge is 0.174 e. The van der Waals surface area contributed by atoms with Gasteiger partial charge in [0.05, 0.1) is 0 Å². The van der Waals surface area contributed by atoms with Gasteiger partial charge in [-0.3, -0.25) is 0 Å². The van der Waals surface area contributed by atoms with Crippen LogP contribution in [0.3, 0.4) is 0 Å². The van der Waals surface area contributed by atoms with Gasteiger partial charge in [0.2, 0.25) is 0 Å². The second-order valence-electron chi connectivity index (χ2n) is 3.09. The lowest BCUT2D eigenvalue weighted by molar-refractivity contribution is 0.0660. The number of nitrogens with one attached hydrogen (secondary N) is 1. The summed E-state index contributed by atoms with van der Waals surface area (Å²) in [5, 5.41) is 13.8. The van der Waals surface area contributed by atoms with E-state index in [0.717, 1.165) is 38.3 Å². The molecule has 5 nitrogen and oxygen atoms in total. The van der Waals surface area contributed by atoms with Crippen LogP contribution >= 0.6 is 0 Å². The Morgan fingerprint density at radius 1 is 1.42 bits per heavy atom. The van der Waals surface area contributed by atoms with Crippen molar-refractivity contribution >= 4 is 0 Å². The number of rotatable bonds is 2. The van der Waals surface area contributed by atoms with E-state index >= 15 is 0 Å². The standard InChI is InChI=1S/C7H12N4O/c1-3-12-4-2-6(1)5-7-8-10-11-9-7/h6H,1-5H2,(H,8,9,10,11). The lowest BCUT2D eigenvalue weighted by Gasteiger charge is -2.20. The molecule has 0 unspecified atom stereocenters. The maximum atomic E-state index is 5.25. The van der Waals surface area contributed by atoms with Crippen LogP contribution in [-0.2, 0) is 11.2 Å². The molecule has 0 saturated carbocycles. The third kappa shape index (κ3) is 1.79. The summed E-state index contributed by atoms with van der Waals surface area (Å²) in [4.78, 5) is 0. The van der Waals surface area contributed by atoms with E-state index in [1.54, 1.807) is 0 Å². The van der Waals surface area contributed by atoms with Crippen molar-refractivity contribution in [3.05, 3.63) is 5.82 Å². The van der Waals surface area contributed by atoms with Crippen LogP contribution in [0.1, 0.15) is 18.7 Å². The topological polar surface area (TPSA) is 63.7 Å². The van der Waals surface area contributed by atoms with Crippen molar-refractivity contribution in [1.82, 2.24) is 20.6 Å². The highest BCUT2D eigenvalue weighted by molar-refractivity contribution is 4.81. The molecular formula is C7H12N4O. The van der Waals surface area contributed by atoms with E-state index in [-0.39, 0.29) is 0 Å². The van der Waals surface area contributed by atoms with Gasteiger partial charge in [0.1, 0.15) is 0 Å². The molecule has 12 heavy (non-hydrogen) atoms. The van der Waals surface area contributed by atoms with Gasteiger partial charge in [0.25, 0.3) is 0 Å². The molecule has 0 spiro atoms. The van der Waals surface area contributed by atoms with Crippen molar-refractivity contribution < 1.29 is 4.74 Å². The molecule has 66 valence electrons. The van der Waals surface area contributed by atoms with Gasteiger partial charge in [-0.1, -0.05) is 5.21 Å². The fourth-order valence-corrected chi connectivity index (χ4v) is 1.48. The molecule has 1 aromatic rings. The molecule has 0 atom stereocenters. The zero-order valence-electron chi connectivity index (χ0n) is 6.86. The largest absolute Gasteiger partial charge is 0.381 e. The quantitative estimate of drug-likeness (QED) is 0.683. The van der Waals surface area contributed by atoms with Crippen molar-refractivity contribution in [2.24, 2.45) is 5.92 Å². The van der Waals surface area contributed by atoms with E-state index in [4.69, 9.17) is 4.74 Å². The fraction of sp³-hybridized carbons (Fsp3) is 0.857.